The van der Waals surface area contributed by atoms with E-state index in [4.69, 9.17) is 4.74 Å². The van der Waals surface area contributed by atoms with Gasteiger partial charge in [-0.3, -0.25) is 15.4 Å². The van der Waals surface area contributed by atoms with Crippen molar-refractivity contribution in [2.75, 3.05) is 31.6 Å². The van der Waals surface area contributed by atoms with Crippen LogP contribution in [0.25, 0.3) is 0 Å². The summed E-state index contributed by atoms with van der Waals surface area (Å²) < 4.78 is 5.55. The first kappa shape index (κ1) is 19.9. The van der Waals surface area contributed by atoms with Crippen LogP contribution in [0.4, 0.5) is 5.69 Å². The second-order valence-corrected chi connectivity index (χ2v) is 7.92. The number of amides is 1. The van der Waals surface area contributed by atoms with E-state index in [2.05, 4.69) is 52.5 Å². The molecular formula is C23H30N4O2. The van der Waals surface area contributed by atoms with Gasteiger partial charge in [-0.2, -0.15) is 0 Å². The minimum absolute atomic E-state index is 0.0101. The molecule has 2 aliphatic heterocycles. The van der Waals surface area contributed by atoms with Gasteiger partial charge in [0.1, 0.15) is 6.29 Å². The Balaban J connectivity index is 1.23. The maximum Gasteiger partial charge on any atom is 0.251 e. The minimum atomic E-state index is -0.0538. The van der Waals surface area contributed by atoms with E-state index in [0.717, 1.165) is 38.2 Å². The number of hydrogen-bond acceptors (Lipinski definition) is 5. The van der Waals surface area contributed by atoms with Crippen LogP contribution in [-0.4, -0.2) is 44.5 Å². The molecule has 4 rings (SSSR count). The summed E-state index contributed by atoms with van der Waals surface area (Å²) in [6.07, 6.45) is 2.27. The molecule has 2 aliphatic rings. The van der Waals surface area contributed by atoms with Crippen molar-refractivity contribution < 1.29 is 9.53 Å². The Morgan fingerprint density at radius 1 is 1.07 bits per heavy atom. The average Bonchev–Trinajstić information content (AvgIpc) is 3.27. The molecule has 1 amide bonds. The monoisotopic (exact) mass is 394 g/mol. The quantitative estimate of drug-likeness (QED) is 0.606. The maximum atomic E-state index is 12.3. The Hall–Kier alpha value is -2.41. The highest BCUT2D eigenvalue weighted by Crippen LogP contribution is 2.18. The molecule has 29 heavy (non-hydrogen) atoms. The molecule has 2 fully saturated rings. The Morgan fingerprint density at radius 3 is 2.45 bits per heavy atom. The second-order valence-electron chi connectivity index (χ2n) is 7.92. The Bertz CT molecular complexity index is 793. The van der Waals surface area contributed by atoms with Gasteiger partial charge in [0.05, 0.1) is 6.10 Å². The Morgan fingerprint density at radius 2 is 1.79 bits per heavy atom. The molecule has 0 bridgehead atoms. The zero-order valence-electron chi connectivity index (χ0n) is 16.9. The molecule has 0 spiro atoms. The van der Waals surface area contributed by atoms with Crippen LogP contribution >= 0.6 is 0 Å². The van der Waals surface area contributed by atoms with E-state index in [0.29, 0.717) is 18.0 Å². The van der Waals surface area contributed by atoms with Crippen molar-refractivity contribution in [3.05, 3.63) is 65.2 Å². The molecule has 2 saturated heterocycles. The van der Waals surface area contributed by atoms with Gasteiger partial charge in [0.25, 0.3) is 5.91 Å². The number of benzene rings is 2. The maximum absolute atomic E-state index is 12.3. The number of ether oxygens (including phenoxy) is 1. The lowest BCUT2D eigenvalue weighted by atomic mass is 9.97. The Kier molecular flexibility index (Phi) is 6.44. The highest BCUT2D eigenvalue weighted by Gasteiger charge is 2.21. The molecule has 0 aliphatic carbocycles. The molecule has 2 heterocycles. The molecule has 1 unspecified atom stereocenters. The van der Waals surface area contributed by atoms with Gasteiger partial charge in [0.2, 0.25) is 0 Å². The first-order chi connectivity index (χ1) is 14.2. The van der Waals surface area contributed by atoms with Crippen molar-refractivity contribution >= 4 is 11.6 Å². The van der Waals surface area contributed by atoms with Crippen LogP contribution in [0.2, 0.25) is 0 Å². The number of nitrogens with one attached hydrogen (secondary N) is 4. The molecule has 0 radical (unpaired) electrons. The normalized spacial score (nSPS) is 24.2. The summed E-state index contributed by atoms with van der Waals surface area (Å²) in [4.78, 5) is 12.3. The van der Waals surface area contributed by atoms with Gasteiger partial charge < -0.3 is 15.4 Å². The highest BCUT2D eigenvalue weighted by atomic mass is 16.5. The number of carbonyl (C=O) groups excluding carboxylic acids is 1. The number of aryl methyl sites for hydroxylation is 1. The average molecular weight is 395 g/mol. The van der Waals surface area contributed by atoms with Crippen LogP contribution in [0.1, 0.15) is 40.2 Å². The lowest BCUT2D eigenvalue weighted by molar-refractivity contribution is 0.0858. The molecule has 4 N–H and O–H groups in total. The number of carbonyl (C=O) groups is 1. The lowest BCUT2D eigenvalue weighted by Crippen LogP contribution is -2.55. The van der Waals surface area contributed by atoms with Crippen LogP contribution in [0.3, 0.4) is 0 Å². The third-order valence-corrected chi connectivity index (χ3v) is 5.66. The number of rotatable bonds is 6. The fraction of sp³-hybridized carbons (Fsp3) is 0.435. The lowest BCUT2D eigenvalue weighted by Gasteiger charge is -2.32. The predicted octanol–water partition coefficient (Wildman–Crippen LogP) is 2.58. The van der Waals surface area contributed by atoms with Crippen LogP contribution in [0.5, 0.6) is 0 Å². The molecule has 0 saturated carbocycles. The standard InChI is InChI=1S/C23H30N4O2/c1-16-4-6-17(7-5-16)19-13-25-23(26-14-19)27-20-10-8-18(9-11-20)22(28)24-15-21-3-2-12-29-21/h4-11,19,21,23,25-27H,2-3,12-15H2,1H3,(H,24,28). The van der Waals surface area contributed by atoms with Gasteiger partial charge in [-0.15, -0.1) is 0 Å². The second kappa shape index (κ2) is 9.39. The zero-order valence-corrected chi connectivity index (χ0v) is 16.9. The molecule has 2 aromatic rings. The van der Waals surface area contributed by atoms with Crippen LogP contribution in [0, 0.1) is 6.92 Å². The van der Waals surface area contributed by atoms with E-state index >= 15 is 0 Å². The van der Waals surface area contributed by atoms with E-state index < -0.39 is 0 Å². The topological polar surface area (TPSA) is 74.4 Å². The van der Waals surface area contributed by atoms with Crippen molar-refractivity contribution in [1.29, 1.82) is 0 Å². The van der Waals surface area contributed by atoms with E-state index in [1.165, 1.54) is 11.1 Å². The van der Waals surface area contributed by atoms with E-state index in [1.807, 2.05) is 24.3 Å². The minimum Gasteiger partial charge on any atom is -0.376 e. The van der Waals surface area contributed by atoms with Crippen molar-refractivity contribution in [2.45, 2.75) is 38.1 Å². The summed E-state index contributed by atoms with van der Waals surface area (Å²) in [6.45, 7) is 5.32. The summed E-state index contributed by atoms with van der Waals surface area (Å²) in [5.41, 5.74) is 4.28. The SMILES string of the molecule is Cc1ccc(C2CNC(Nc3ccc(C(=O)NCC4CCCO4)cc3)NC2)cc1. The predicted molar refractivity (Wildman–Crippen MR) is 115 cm³/mol. The number of anilines is 1. The highest BCUT2D eigenvalue weighted by molar-refractivity contribution is 5.94. The summed E-state index contributed by atoms with van der Waals surface area (Å²) in [5, 5.41) is 13.4. The number of hydrogen-bond donors (Lipinski definition) is 4. The van der Waals surface area contributed by atoms with Gasteiger partial charge >= 0.3 is 0 Å². The first-order valence-electron chi connectivity index (χ1n) is 10.5. The van der Waals surface area contributed by atoms with Crippen LogP contribution in [0.15, 0.2) is 48.5 Å². The Labute approximate surface area is 172 Å². The van der Waals surface area contributed by atoms with Gasteiger partial charge in [-0.05, 0) is 49.6 Å². The fourth-order valence-electron chi connectivity index (χ4n) is 3.84. The van der Waals surface area contributed by atoms with Crippen molar-refractivity contribution in [3.63, 3.8) is 0 Å². The van der Waals surface area contributed by atoms with Crippen molar-refractivity contribution in [3.8, 4) is 0 Å². The third kappa shape index (κ3) is 5.35. The largest absolute Gasteiger partial charge is 0.376 e. The molecule has 0 aromatic heterocycles. The summed E-state index contributed by atoms with van der Waals surface area (Å²) >= 11 is 0. The molecule has 6 nitrogen and oxygen atoms in total. The zero-order chi connectivity index (χ0) is 20.1. The van der Waals surface area contributed by atoms with Gasteiger partial charge in [-0.25, -0.2) is 0 Å². The van der Waals surface area contributed by atoms with E-state index in [-0.39, 0.29) is 18.3 Å². The smallest absolute Gasteiger partial charge is 0.251 e. The molecular weight excluding hydrogens is 364 g/mol. The fourth-order valence-corrected chi connectivity index (χ4v) is 3.84. The van der Waals surface area contributed by atoms with E-state index in [1.54, 1.807) is 0 Å². The van der Waals surface area contributed by atoms with Crippen LogP contribution < -0.4 is 21.3 Å². The van der Waals surface area contributed by atoms with Gasteiger partial charge in [0, 0.05) is 43.4 Å². The molecule has 1 atom stereocenters. The summed E-state index contributed by atoms with van der Waals surface area (Å²) in [7, 11) is 0. The first-order valence-corrected chi connectivity index (χ1v) is 10.5. The summed E-state index contributed by atoms with van der Waals surface area (Å²) in [5.74, 6) is 0.408. The van der Waals surface area contributed by atoms with Gasteiger partial charge in [-0.1, -0.05) is 29.8 Å². The van der Waals surface area contributed by atoms with Crippen LogP contribution in [-0.2, 0) is 4.74 Å². The molecule has 2 aromatic carbocycles. The third-order valence-electron chi connectivity index (χ3n) is 5.66. The van der Waals surface area contributed by atoms with Gasteiger partial charge in [0.15, 0.2) is 0 Å². The van der Waals surface area contributed by atoms with Crippen molar-refractivity contribution in [1.82, 2.24) is 16.0 Å². The van der Waals surface area contributed by atoms with E-state index in [9.17, 15) is 4.79 Å². The summed E-state index contributed by atoms with van der Waals surface area (Å²) in [6, 6.07) is 16.3. The van der Waals surface area contributed by atoms with Crippen molar-refractivity contribution in [2.24, 2.45) is 0 Å². The molecule has 6 heteroatoms. The molecule has 154 valence electrons.